The summed E-state index contributed by atoms with van der Waals surface area (Å²) >= 11 is 0. The number of hydrogen-bond acceptors (Lipinski definition) is 9. The van der Waals surface area contributed by atoms with E-state index in [9.17, 15) is 31.6 Å². The third-order valence-corrected chi connectivity index (χ3v) is 9.50. The van der Waals surface area contributed by atoms with E-state index in [0.717, 1.165) is 49.3 Å². The van der Waals surface area contributed by atoms with Crippen LogP contribution in [0.2, 0.25) is 0 Å². The van der Waals surface area contributed by atoms with Crippen LogP contribution in [-0.2, 0) is 33.1 Å². The van der Waals surface area contributed by atoms with Crippen LogP contribution in [0.3, 0.4) is 0 Å². The first-order valence-electron chi connectivity index (χ1n) is 16.9. The van der Waals surface area contributed by atoms with Crippen LogP contribution in [0.15, 0.2) is 94.7 Å². The number of unbranched alkanes of at least 4 members (excludes halogenated alkanes) is 8. The molecule has 13 heteroatoms. The topological polar surface area (TPSA) is 173 Å². The summed E-state index contributed by atoms with van der Waals surface area (Å²) in [6.07, 6.45) is 13.5. The Morgan fingerprint density at radius 3 is 1.61 bits per heavy atom. The van der Waals surface area contributed by atoms with Crippen molar-refractivity contribution in [2.24, 2.45) is 0 Å². The summed E-state index contributed by atoms with van der Waals surface area (Å²) in [6, 6.07) is 20.8. The molecule has 10 nitrogen and oxygen atoms in total. The molecule has 51 heavy (non-hydrogen) atoms. The normalized spacial score (nSPS) is 11.2. The van der Waals surface area contributed by atoms with Crippen molar-refractivity contribution in [3.63, 3.8) is 0 Å². The van der Waals surface area contributed by atoms with E-state index < -0.39 is 20.2 Å². The zero-order chi connectivity index (χ0) is 36.6. The molecule has 4 aromatic carbocycles. The summed E-state index contributed by atoms with van der Waals surface area (Å²) in [5.41, 5.74) is 2.05. The van der Waals surface area contributed by atoms with Crippen molar-refractivity contribution in [2.45, 2.75) is 101 Å². The summed E-state index contributed by atoms with van der Waals surface area (Å²) in [5.74, 6) is 0.460. The monoisotopic (exact) mass is 766 g/mol. The van der Waals surface area contributed by atoms with E-state index in [0.29, 0.717) is 0 Å². The molecule has 0 aromatic heterocycles. The number of aromatic hydroxyl groups is 1. The molecule has 0 aliphatic carbocycles. The maximum Gasteiger partial charge on any atom is 2.00 e. The van der Waals surface area contributed by atoms with Gasteiger partial charge in [-0.25, -0.2) is 8.42 Å². The van der Waals surface area contributed by atoms with Gasteiger partial charge in [0.15, 0.2) is 11.5 Å². The summed E-state index contributed by atoms with van der Waals surface area (Å²) in [4.78, 5) is -0.638. The summed E-state index contributed by atoms with van der Waals surface area (Å²) < 4.78 is 75.9. The molecule has 0 aliphatic heterocycles. The second kappa shape index (κ2) is 22.3. The molecule has 0 fully saturated rings. The molecule has 0 heterocycles. The van der Waals surface area contributed by atoms with Crippen LogP contribution in [0.25, 0.3) is 0 Å². The van der Waals surface area contributed by atoms with Gasteiger partial charge in [-0.3, -0.25) is 4.55 Å². The van der Waals surface area contributed by atoms with Crippen LogP contribution < -0.4 is 14.6 Å². The average Bonchev–Trinajstić information content (AvgIpc) is 3.07. The number of rotatable bonds is 18. The smallest absolute Gasteiger partial charge is 0.870 e. The van der Waals surface area contributed by atoms with E-state index in [-0.39, 0.29) is 82.0 Å². The minimum Gasteiger partial charge on any atom is -0.870 e. The van der Waals surface area contributed by atoms with Crippen molar-refractivity contribution in [3.05, 3.63) is 96.1 Å². The Kier molecular flexibility index (Phi) is 19.4. The van der Waals surface area contributed by atoms with Gasteiger partial charge in [0.25, 0.3) is 10.1 Å². The van der Waals surface area contributed by atoms with E-state index in [1.54, 1.807) is 30.3 Å². The molecule has 0 aliphatic rings. The molecule has 0 unspecified atom stereocenters. The van der Waals surface area contributed by atoms with E-state index in [1.165, 1.54) is 87.4 Å². The molecule has 0 amide bonds. The molecule has 0 saturated carbocycles. The van der Waals surface area contributed by atoms with E-state index in [1.807, 2.05) is 6.07 Å². The average molecular weight is 767 g/mol. The van der Waals surface area contributed by atoms with E-state index >= 15 is 0 Å². The van der Waals surface area contributed by atoms with Gasteiger partial charge in [0.2, 0.25) is 0 Å². The van der Waals surface area contributed by atoms with Crippen molar-refractivity contribution in [1.29, 1.82) is 0 Å². The van der Waals surface area contributed by atoms with Crippen molar-refractivity contribution in [3.8, 4) is 34.5 Å². The summed E-state index contributed by atoms with van der Waals surface area (Å²) in [5, 5.41) is 21.9. The fraction of sp³-hybridized carbons (Fsp3) is 0.368. The number of aryl methyl sites for hydroxylation is 2. The Balaban J connectivity index is 0.000000347. The van der Waals surface area contributed by atoms with Gasteiger partial charge in [-0.05, 0) is 85.3 Å². The van der Waals surface area contributed by atoms with Gasteiger partial charge in [-0.15, -0.1) is 0 Å². The van der Waals surface area contributed by atoms with E-state index in [2.05, 4.69) is 13.8 Å². The van der Waals surface area contributed by atoms with Crippen molar-refractivity contribution >= 4 is 58.0 Å². The van der Waals surface area contributed by atoms with Crippen LogP contribution in [0.5, 0.6) is 34.5 Å². The second-order valence-corrected chi connectivity index (χ2v) is 14.8. The Bertz CT molecular complexity index is 1740. The third kappa shape index (κ3) is 16.2. The van der Waals surface area contributed by atoms with Gasteiger partial charge in [0, 0.05) is 6.07 Å². The molecule has 272 valence electrons. The molecule has 0 spiro atoms. The van der Waals surface area contributed by atoms with Gasteiger partial charge < -0.3 is 24.2 Å². The Morgan fingerprint density at radius 2 is 1.08 bits per heavy atom. The predicted molar refractivity (Wildman–Crippen MR) is 195 cm³/mol. The number of phenolic OH excluding ortho intramolecular Hbond substituents is 1. The van der Waals surface area contributed by atoms with Gasteiger partial charge in [-0.1, -0.05) is 101 Å². The van der Waals surface area contributed by atoms with Crippen LogP contribution in [0, 0.1) is 0 Å². The molecule has 0 radical (unpaired) electrons. The number of ether oxygens (including phenoxy) is 2. The minimum absolute atomic E-state index is 0. The number of hydrogen-bond donors (Lipinski definition) is 2. The fourth-order valence-electron chi connectivity index (χ4n) is 5.09. The molecule has 0 atom stereocenters. The Morgan fingerprint density at radius 1 is 0.608 bits per heavy atom. The molecule has 4 rings (SSSR count). The molecule has 4 aromatic rings. The van der Waals surface area contributed by atoms with Crippen LogP contribution in [-0.4, -0.2) is 68.8 Å². The predicted octanol–water partition coefficient (Wildman–Crippen LogP) is 8.53. The SMILES string of the molecule is CCCCCCCc1ccc(O)c(Oc2cccc(S(=O)(=O)O)c2)c1.CCCCCCCc1ccc([O-])c(Oc2cccc(S(=O)(=O)[O-])c2)c1.[Ca+2]. The Labute approximate surface area is 332 Å². The molecule has 0 saturated heterocycles. The van der Waals surface area contributed by atoms with Crippen LogP contribution in [0.1, 0.15) is 89.2 Å². The van der Waals surface area contributed by atoms with Crippen molar-refractivity contribution in [1.82, 2.24) is 0 Å². The first-order chi connectivity index (χ1) is 23.8. The Hall–Kier alpha value is -2.84. The number of phenols is 1. The minimum atomic E-state index is -4.56. The third-order valence-electron chi connectivity index (χ3n) is 7.82. The van der Waals surface area contributed by atoms with Gasteiger partial charge in [0.1, 0.15) is 27.4 Å². The molecular formula is C38H46CaO10S2. The first kappa shape index (κ1) is 44.3. The second-order valence-electron chi connectivity index (χ2n) is 12.0. The van der Waals surface area contributed by atoms with Gasteiger partial charge in [0.05, 0.1) is 9.79 Å². The largest absolute Gasteiger partial charge is 2.00 e. The summed E-state index contributed by atoms with van der Waals surface area (Å²) in [6.45, 7) is 4.35. The van der Waals surface area contributed by atoms with Crippen LogP contribution >= 0.6 is 0 Å². The fourth-order valence-corrected chi connectivity index (χ4v) is 6.12. The van der Waals surface area contributed by atoms with Gasteiger partial charge in [-0.2, -0.15) is 8.42 Å². The van der Waals surface area contributed by atoms with Crippen molar-refractivity contribution in [2.75, 3.05) is 0 Å². The summed E-state index contributed by atoms with van der Waals surface area (Å²) in [7, 11) is -8.86. The quantitative estimate of drug-likeness (QED) is 0.0568. The maximum absolute atomic E-state index is 12.0. The molecular weight excluding hydrogens is 721 g/mol. The molecule has 0 bridgehead atoms. The zero-order valence-electron chi connectivity index (χ0n) is 29.3. The number of benzene rings is 4. The molecule has 2 N–H and O–H groups in total. The maximum atomic E-state index is 12.0. The van der Waals surface area contributed by atoms with Crippen molar-refractivity contribution < 1.29 is 45.6 Å². The zero-order valence-corrected chi connectivity index (χ0v) is 33.1. The van der Waals surface area contributed by atoms with Gasteiger partial charge >= 0.3 is 37.7 Å². The van der Waals surface area contributed by atoms with E-state index in [4.69, 9.17) is 14.0 Å². The first-order valence-corrected chi connectivity index (χ1v) is 19.8. The van der Waals surface area contributed by atoms with Crippen LogP contribution in [0.4, 0.5) is 0 Å². The standard InChI is InChI=1S/2C19H24O5S.Ca/c2*1-2-3-4-5-6-8-15-11-12-18(20)19(13-15)24-16-9-7-10-17(14-16)25(21,22)23;/h2*7,9-14,20H,2-6,8H2,1H3,(H,21,22,23);/q;;+2/p-2.